The molecule has 1 N–H and O–H groups in total. The number of rotatable bonds is 6. The molecule has 1 unspecified atom stereocenters. The quantitative estimate of drug-likeness (QED) is 0.623. The second kappa shape index (κ2) is 6.99. The second-order valence-electron chi connectivity index (χ2n) is 3.25. The van der Waals surface area contributed by atoms with E-state index in [1.807, 2.05) is 7.05 Å². The first kappa shape index (κ1) is 11.3. The maximum absolute atomic E-state index is 3.24. The summed E-state index contributed by atoms with van der Waals surface area (Å²) in [6.07, 6.45) is 2.64. The van der Waals surface area contributed by atoms with Crippen molar-refractivity contribution in [3.8, 4) is 0 Å². The lowest BCUT2D eigenvalue weighted by Crippen LogP contribution is -2.20. The minimum atomic E-state index is 0.683. The Labute approximate surface area is 75.3 Å². The van der Waals surface area contributed by atoms with Gasteiger partial charge in [0.25, 0.3) is 0 Å². The summed E-state index contributed by atoms with van der Waals surface area (Å²) in [5.74, 6) is 1.31. The number of hydrogen-bond donors (Lipinski definition) is 1. The highest BCUT2D eigenvalue weighted by Gasteiger charge is 1.98. The van der Waals surface area contributed by atoms with Crippen LogP contribution in [0.3, 0.4) is 0 Å². The summed E-state index contributed by atoms with van der Waals surface area (Å²) in [6.45, 7) is 6.75. The van der Waals surface area contributed by atoms with Gasteiger partial charge in [0.15, 0.2) is 0 Å². The van der Waals surface area contributed by atoms with Gasteiger partial charge in [-0.15, -0.1) is 0 Å². The molecule has 0 heterocycles. The molecule has 0 aromatic heterocycles. The van der Waals surface area contributed by atoms with Crippen molar-refractivity contribution in [2.45, 2.75) is 44.9 Å². The van der Waals surface area contributed by atoms with E-state index in [2.05, 4.69) is 37.8 Å². The minimum Gasteiger partial charge on any atom is -0.317 e. The number of thioether (sulfide) groups is 1. The maximum atomic E-state index is 3.24. The molecule has 0 saturated carbocycles. The zero-order chi connectivity index (χ0) is 8.69. The monoisotopic (exact) mass is 175 g/mol. The van der Waals surface area contributed by atoms with Crippen LogP contribution in [0.1, 0.15) is 33.6 Å². The summed E-state index contributed by atoms with van der Waals surface area (Å²) in [5.41, 5.74) is 0. The van der Waals surface area contributed by atoms with Crippen LogP contribution < -0.4 is 5.32 Å². The van der Waals surface area contributed by atoms with Gasteiger partial charge in [0.05, 0.1) is 0 Å². The predicted molar refractivity (Wildman–Crippen MR) is 55.3 cm³/mol. The van der Waals surface area contributed by atoms with Gasteiger partial charge in [-0.3, -0.25) is 0 Å². The highest BCUT2D eigenvalue weighted by atomic mass is 32.2. The largest absolute Gasteiger partial charge is 0.317 e. The van der Waals surface area contributed by atoms with Crippen LogP contribution in [0.25, 0.3) is 0 Å². The van der Waals surface area contributed by atoms with Crippen LogP contribution in [0, 0.1) is 0 Å². The van der Waals surface area contributed by atoms with Crippen molar-refractivity contribution in [2.24, 2.45) is 0 Å². The molecule has 0 radical (unpaired) electrons. The van der Waals surface area contributed by atoms with Crippen molar-refractivity contribution in [2.75, 3.05) is 12.8 Å². The lowest BCUT2D eigenvalue weighted by atomic mass is 10.2. The molecule has 1 atom stereocenters. The smallest absolute Gasteiger partial charge is 0.00360 e. The minimum absolute atomic E-state index is 0.683. The Morgan fingerprint density at radius 1 is 1.27 bits per heavy atom. The van der Waals surface area contributed by atoms with Crippen LogP contribution in [0.4, 0.5) is 0 Å². The molecule has 0 aromatic carbocycles. The van der Waals surface area contributed by atoms with Crippen molar-refractivity contribution in [3.05, 3.63) is 0 Å². The van der Waals surface area contributed by atoms with E-state index in [4.69, 9.17) is 0 Å². The van der Waals surface area contributed by atoms with E-state index in [-0.39, 0.29) is 0 Å². The number of hydrogen-bond acceptors (Lipinski definition) is 2. The lowest BCUT2D eigenvalue weighted by molar-refractivity contribution is 0.559. The third-order valence-corrected chi connectivity index (χ3v) is 2.92. The van der Waals surface area contributed by atoms with E-state index in [9.17, 15) is 0 Å². The first-order valence-electron chi connectivity index (χ1n) is 4.45. The first-order valence-corrected chi connectivity index (χ1v) is 5.50. The van der Waals surface area contributed by atoms with E-state index in [1.54, 1.807) is 0 Å². The molecule has 0 aromatic rings. The molecule has 0 spiro atoms. The first-order chi connectivity index (χ1) is 5.16. The zero-order valence-electron chi connectivity index (χ0n) is 8.18. The SMILES string of the molecule is CNC(C)CCCSC(C)C. The van der Waals surface area contributed by atoms with E-state index in [0.29, 0.717) is 6.04 Å². The van der Waals surface area contributed by atoms with Gasteiger partial charge in [0, 0.05) is 6.04 Å². The Balaban J connectivity index is 3.01. The molecule has 0 saturated heterocycles. The Bertz CT molecular complexity index is 83.6. The van der Waals surface area contributed by atoms with Crippen molar-refractivity contribution < 1.29 is 0 Å². The maximum Gasteiger partial charge on any atom is 0.00360 e. The summed E-state index contributed by atoms with van der Waals surface area (Å²) in [5, 5.41) is 4.04. The van der Waals surface area contributed by atoms with Crippen molar-refractivity contribution >= 4 is 11.8 Å². The Kier molecular flexibility index (Phi) is 7.18. The summed E-state index contributed by atoms with van der Waals surface area (Å²) >= 11 is 2.06. The van der Waals surface area contributed by atoms with Gasteiger partial charge >= 0.3 is 0 Å². The van der Waals surface area contributed by atoms with E-state index in [0.717, 1.165) is 5.25 Å². The lowest BCUT2D eigenvalue weighted by Gasteiger charge is -2.09. The third kappa shape index (κ3) is 8.21. The average Bonchev–Trinajstić information content (AvgIpc) is 1.97. The molecule has 0 bridgehead atoms. The fourth-order valence-electron chi connectivity index (χ4n) is 0.853. The average molecular weight is 175 g/mol. The summed E-state index contributed by atoms with van der Waals surface area (Å²) in [7, 11) is 2.03. The van der Waals surface area contributed by atoms with Gasteiger partial charge in [-0.2, -0.15) is 11.8 Å². The van der Waals surface area contributed by atoms with Gasteiger partial charge in [-0.25, -0.2) is 0 Å². The Morgan fingerprint density at radius 2 is 1.91 bits per heavy atom. The van der Waals surface area contributed by atoms with Crippen molar-refractivity contribution in [1.82, 2.24) is 5.32 Å². The van der Waals surface area contributed by atoms with E-state index < -0.39 is 0 Å². The van der Waals surface area contributed by atoms with Crippen LogP contribution >= 0.6 is 11.8 Å². The van der Waals surface area contributed by atoms with Crippen LogP contribution in [0.5, 0.6) is 0 Å². The van der Waals surface area contributed by atoms with Gasteiger partial charge in [0.2, 0.25) is 0 Å². The third-order valence-electron chi connectivity index (χ3n) is 1.73. The van der Waals surface area contributed by atoms with Gasteiger partial charge in [0.1, 0.15) is 0 Å². The predicted octanol–water partition coefficient (Wildman–Crippen LogP) is 2.52. The van der Waals surface area contributed by atoms with Crippen LogP contribution in [0.2, 0.25) is 0 Å². The molecule has 0 fully saturated rings. The highest BCUT2D eigenvalue weighted by Crippen LogP contribution is 2.11. The highest BCUT2D eigenvalue weighted by molar-refractivity contribution is 7.99. The molecule has 0 amide bonds. The summed E-state index contributed by atoms with van der Waals surface area (Å²) < 4.78 is 0. The van der Waals surface area contributed by atoms with Crippen molar-refractivity contribution in [1.29, 1.82) is 0 Å². The normalized spacial score (nSPS) is 13.9. The number of nitrogens with one attached hydrogen (secondary N) is 1. The fourth-order valence-corrected chi connectivity index (χ4v) is 1.66. The molecule has 11 heavy (non-hydrogen) atoms. The van der Waals surface area contributed by atoms with Crippen LogP contribution in [-0.2, 0) is 0 Å². The van der Waals surface area contributed by atoms with Gasteiger partial charge in [-0.1, -0.05) is 13.8 Å². The summed E-state index contributed by atoms with van der Waals surface area (Å²) in [4.78, 5) is 0. The molecular formula is C9H21NS. The molecule has 1 nitrogen and oxygen atoms in total. The molecule has 2 heteroatoms. The fraction of sp³-hybridized carbons (Fsp3) is 1.00. The summed E-state index contributed by atoms with van der Waals surface area (Å²) in [6, 6.07) is 0.683. The van der Waals surface area contributed by atoms with E-state index >= 15 is 0 Å². The second-order valence-corrected chi connectivity index (χ2v) is 4.94. The topological polar surface area (TPSA) is 12.0 Å². The molecule has 0 aliphatic rings. The van der Waals surface area contributed by atoms with Gasteiger partial charge < -0.3 is 5.32 Å². The zero-order valence-corrected chi connectivity index (χ0v) is 9.00. The molecule has 0 aliphatic heterocycles. The van der Waals surface area contributed by atoms with Crippen molar-refractivity contribution in [3.63, 3.8) is 0 Å². The molecule has 0 aliphatic carbocycles. The molecule has 0 rings (SSSR count). The van der Waals surface area contributed by atoms with Crippen LogP contribution in [0.15, 0.2) is 0 Å². The van der Waals surface area contributed by atoms with Gasteiger partial charge in [-0.05, 0) is 37.8 Å². The Hall–Kier alpha value is 0.310. The Morgan fingerprint density at radius 3 is 2.36 bits per heavy atom. The van der Waals surface area contributed by atoms with Crippen LogP contribution in [-0.4, -0.2) is 24.1 Å². The molecular weight excluding hydrogens is 154 g/mol. The van der Waals surface area contributed by atoms with E-state index in [1.165, 1.54) is 18.6 Å². The molecule has 68 valence electrons. The standard InChI is InChI=1S/C9H21NS/c1-8(2)11-7-5-6-9(3)10-4/h8-10H,5-7H2,1-4H3.